The number of carbonyl (C=O) groups excluding carboxylic acids is 1. The van der Waals surface area contributed by atoms with Crippen LogP contribution in [0, 0.1) is 0 Å². The first-order valence-corrected chi connectivity index (χ1v) is 6.23. The van der Waals surface area contributed by atoms with E-state index in [1.807, 2.05) is 56.0 Å². The van der Waals surface area contributed by atoms with E-state index in [4.69, 9.17) is 0 Å². The van der Waals surface area contributed by atoms with E-state index >= 15 is 0 Å². The Hall–Kier alpha value is -1.83. The molecular formula is C16H21NO. The molecule has 0 bridgehead atoms. The SMILES string of the molecule is C=CC(C(=O)N(CC)Cc1ccccc1)=C(C)C. The molecule has 0 spiro atoms. The molecule has 1 aromatic carbocycles. The van der Waals surface area contributed by atoms with Crippen molar-refractivity contribution in [2.45, 2.75) is 27.3 Å². The fraction of sp³-hybridized carbons (Fsp3) is 0.312. The number of amides is 1. The Labute approximate surface area is 110 Å². The van der Waals surface area contributed by atoms with Crippen LogP contribution in [-0.2, 0) is 11.3 Å². The lowest BCUT2D eigenvalue weighted by molar-refractivity contribution is -0.127. The van der Waals surface area contributed by atoms with Crippen LogP contribution in [0.4, 0.5) is 0 Å². The molecule has 0 heterocycles. The smallest absolute Gasteiger partial charge is 0.254 e. The molecule has 0 atom stereocenters. The van der Waals surface area contributed by atoms with Crippen molar-refractivity contribution in [2.24, 2.45) is 0 Å². The van der Waals surface area contributed by atoms with E-state index in [0.29, 0.717) is 18.7 Å². The zero-order chi connectivity index (χ0) is 13.5. The summed E-state index contributed by atoms with van der Waals surface area (Å²) in [6, 6.07) is 10.0. The van der Waals surface area contributed by atoms with Crippen LogP contribution >= 0.6 is 0 Å². The summed E-state index contributed by atoms with van der Waals surface area (Å²) < 4.78 is 0. The summed E-state index contributed by atoms with van der Waals surface area (Å²) in [5, 5.41) is 0. The number of hydrogen-bond acceptors (Lipinski definition) is 1. The van der Waals surface area contributed by atoms with Crippen LogP contribution in [0.1, 0.15) is 26.3 Å². The van der Waals surface area contributed by atoms with Crippen molar-refractivity contribution >= 4 is 5.91 Å². The molecule has 1 rings (SSSR count). The summed E-state index contributed by atoms with van der Waals surface area (Å²) in [6.45, 7) is 10.9. The fourth-order valence-electron chi connectivity index (χ4n) is 1.81. The second kappa shape index (κ2) is 6.80. The van der Waals surface area contributed by atoms with Crippen molar-refractivity contribution in [1.82, 2.24) is 4.90 Å². The maximum Gasteiger partial charge on any atom is 0.254 e. The molecule has 2 nitrogen and oxygen atoms in total. The molecule has 1 amide bonds. The van der Waals surface area contributed by atoms with E-state index in [2.05, 4.69) is 6.58 Å². The van der Waals surface area contributed by atoms with E-state index in [9.17, 15) is 4.79 Å². The van der Waals surface area contributed by atoms with E-state index in [-0.39, 0.29) is 5.91 Å². The van der Waals surface area contributed by atoms with E-state index < -0.39 is 0 Å². The monoisotopic (exact) mass is 243 g/mol. The summed E-state index contributed by atoms with van der Waals surface area (Å²) >= 11 is 0. The minimum atomic E-state index is 0.0522. The van der Waals surface area contributed by atoms with Gasteiger partial charge in [0.15, 0.2) is 0 Å². The molecule has 0 saturated heterocycles. The molecule has 0 unspecified atom stereocenters. The van der Waals surface area contributed by atoms with E-state index in [1.54, 1.807) is 6.08 Å². The Bertz CT molecular complexity index is 441. The van der Waals surface area contributed by atoms with Gasteiger partial charge in [0.05, 0.1) is 0 Å². The summed E-state index contributed by atoms with van der Waals surface area (Å²) in [5.74, 6) is 0.0522. The molecule has 96 valence electrons. The molecule has 0 fully saturated rings. The van der Waals surface area contributed by atoms with Crippen LogP contribution < -0.4 is 0 Å². The Kier molecular flexibility index (Phi) is 5.37. The van der Waals surface area contributed by atoms with Crippen LogP contribution in [0.5, 0.6) is 0 Å². The molecule has 0 aliphatic carbocycles. The predicted molar refractivity (Wildman–Crippen MR) is 76.1 cm³/mol. The quantitative estimate of drug-likeness (QED) is 0.572. The maximum absolute atomic E-state index is 12.3. The predicted octanol–water partition coefficient (Wildman–Crippen LogP) is 3.56. The van der Waals surface area contributed by atoms with Gasteiger partial charge >= 0.3 is 0 Å². The van der Waals surface area contributed by atoms with Gasteiger partial charge in [-0.05, 0) is 26.3 Å². The highest BCUT2D eigenvalue weighted by atomic mass is 16.2. The molecule has 0 N–H and O–H groups in total. The first-order chi connectivity index (χ1) is 8.60. The molecule has 0 aliphatic heterocycles. The third-order valence-electron chi connectivity index (χ3n) is 2.86. The lowest BCUT2D eigenvalue weighted by Crippen LogP contribution is -2.31. The highest BCUT2D eigenvalue weighted by Crippen LogP contribution is 2.12. The summed E-state index contributed by atoms with van der Waals surface area (Å²) in [7, 11) is 0. The molecule has 0 radical (unpaired) electrons. The van der Waals surface area contributed by atoms with Crippen LogP contribution in [0.3, 0.4) is 0 Å². The van der Waals surface area contributed by atoms with Gasteiger partial charge in [-0.15, -0.1) is 0 Å². The number of rotatable bonds is 5. The van der Waals surface area contributed by atoms with Crippen LogP contribution in [0.25, 0.3) is 0 Å². The third kappa shape index (κ3) is 3.59. The Morgan fingerprint density at radius 2 is 1.89 bits per heavy atom. The van der Waals surface area contributed by atoms with E-state index in [1.165, 1.54) is 0 Å². The summed E-state index contributed by atoms with van der Waals surface area (Å²) in [4.78, 5) is 14.2. The van der Waals surface area contributed by atoms with Crippen molar-refractivity contribution in [3.63, 3.8) is 0 Å². The Balaban J connectivity index is 2.88. The maximum atomic E-state index is 12.3. The van der Waals surface area contributed by atoms with Gasteiger partial charge in [-0.2, -0.15) is 0 Å². The fourth-order valence-corrected chi connectivity index (χ4v) is 1.81. The number of likely N-dealkylation sites (N-methyl/N-ethyl adjacent to an activating group) is 1. The second-order valence-electron chi connectivity index (χ2n) is 4.42. The van der Waals surface area contributed by atoms with Crippen LogP contribution in [0.15, 0.2) is 54.1 Å². The standard InChI is InChI=1S/C16H21NO/c1-5-15(13(3)4)16(18)17(6-2)12-14-10-8-7-9-11-14/h5,7-11H,1,6,12H2,2-4H3. The van der Waals surface area contributed by atoms with Crippen LogP contribution in [0.2, 0.25) is 0 Å². The summed E-state index contributed by atoms with van der Waals surface area (Å²) in [5.41, 5.74) is 2.85. The van der Waals surface area contributed by atoms with Crippen molar-refractivity contribution in [2.75, 3.05) is 6.54 Å². The Morgan fingerprint density at radius 1 is 1.28 bits per heavy atom. The molecular weight excluding hydrogens is 222 g/mol. The molecule has 2 heteroatoms. The number of benzene rings is 1. The van der Waals surface area contributed by atoms with Crippen LogP contribution in [-0.4, -0.2) is 17.4 Å². The average Bonchev–Trinajstić information content (AvgIpc) is 2.37. The molecule has 0 aromatic heterocycles. The number of allylic oxidation sites excluding steroid dienone is 1. The Morgan fingerprint density at radius 3 is 2.33 bits per heavy atom. The van der Waals surface area contributed by atoms with E-state index in [0.717, 1.165) is 11.1 Å². The zero-order valence-electron chi connectivity index (χ0n) is 11.4. The van der Waals surface area contributed by atoms with Crippen molar-refractivity contribution in [1.29, 1.82) is 0 Å². The number of hydrogen-bond donors (Lipinski definition) is 0. The lowest BCUT2D eigenvalue weighted by Gasteiger charge is -2.22. The summed E-state index contributed by atoms with van der Waals surface area (Å²) in [6.07, 6.45) is 1.64. The van der Waals surface area contributed by atoms with Gasteiger partial charge < -0.3 is 4.90 Å². The highest BCUT2D eigenvalue weighted by Gasteiger charge is 2.15. The minimum absolute atomic E-state index is 0.0522. The molecule has 1 aromatic rings. The zero-order valence-corrected chi connectivity index (χ0v) is 11.4. The van der Waals surface area contributed by atoms with Gasteiger partial charge in [0, 0.05) is 18.7 Å². The normalized spacial score (nSPS) is 9.72. The van der Waals surface area contributed by atoms with Gasteiger partial charge in [-0.3, -0.25) is 4.79 Å². The largest absolute Gasteiger partial charge is 0.335 e. The van der Waals surface area contributed by atoms with Crippen molar-refractivity contribution in [3.05, 3.63) is 59.7 Å². The topological polar surface area (TPSA) is 20.3 Å². The molecule has 0 saturated carbocycles. The highest BCUT2D eigenvalue weighted by molar-refractivity contribution is 5.96. The first-order valence-electron chi connectivity index (χ1n) is 6.23. The average molecular weight is 243 g/mol. The van der Waals surface area contributed by atoms with Gasteiger partial charge in [0.1, 0.15) is 0 Å². The van der Waals surface area contributed by atoms with Crippen molar-refractivity contribution < 1.29 is 4.79 Å². The molecule has 0 aliphatic rings. The number of carbonyl (C=O) groups is 1. The minimum Gasteiger partial charge on any atom is -0.335 e. The first kappa shape index (κ1) is 14.2. The van der Waals surface area contributed by atoms with Gasteiger partial charge in [-0.1, -0.05) is 48.6 Å². The van der Waals surface area contributed by atoms with Gasteiger partial charge in [0.25, 0.3) is 5.91 Å². The second-order valence-corrected chi connectivity index (χ2v) is 4.42. The number of nitrogens with zero attached hydrogens (tertiary/aromatic N) is 1. The molecule has 18 heavy (non-hydrogen) atoms. The van der Waals surface area contributed by atoms with Crippen molar-refractivity contribution in [3.8, 4) is 0 Å². The van der Waals surface area contributed by atoms with Gasteiger partial charge in [0.2, 0.25) is 0 Å². The lowest BCUT2D eigenvalue weighted by atomic mass is 10.1. The third-order valence-corrected chi connectivity index (χ3v) is 2.86. The van der Waals surface area contributed by atoms with Gasteiger partial charge in [-0.25, -0.2) is 0 Å².